The molecule has 0 saturated carbocycles. The molecule has 76 valence electrons. The summed E-state index contributed by atoms with van der Waals surface area (Å²) in [6.45, 7) is 2.54. The Kier molecular flexibility index (Phi) is 4.06. The highest BCUT2D eigenvalue weighted by Crippen LogP contribution is 2.30. The highest BCUT2D eigenvalue weighted by molar-refractivity contribution is 7.99. The molecular formula is C9H16O3S. The minimum atomic E-state index is -0.890. The summed E-state index contributed by atoms with van der Waals surface area (Å²) in [4.78, 5) is 11.0. The van der Waals surface area contributed by atoms with E-state index in [-0.39, 0.29) is 0 Å². The lowest BCUT2D eigenvalue weighted by Gasteiger charge is -2.32. The number of hydrogen-bond donors (Lipinski definition) is 1. The van der Waals surface area contributed by atoms with Gasteiger partial charge in [0.05, 0.1) is 0 Å². The standard InChI is InChI=1S/C9H16O3S/c1-2-5-12-9(8(10)11)4-3-6-13-7-9/h2-7H2,1H3,(H,10,11). The van der Waals surface area contributed by atoms with Gasteiger partial charge in [-0.15, -0.1) is 0 Å². The molecule has 1 rings (SSSR count). The maximum absolute atomic E-state index is 11.0. The molecule has 1 aliphatic rings. The highest BCUT2D eigenvalue weighted by Gasteiger charge is 2.40. The minimum Gasteiger partial charge on any atom is -0.479 e. The van der Waals surface area contributed by atoms with E-state index in [1.165, 1.54) is 0 Å². The second kappa shape index (κ2) is 4.86. The monoisotopic (exact) mass is 204 g/mol. The molecule has 1 saturated heterocycles. The van der Waals surface area contributed by atoms with E-state index in [1.807, 2.05) is 6.92 Å². The molecule has 1 aliphatic heterocycles. The van der Waals surface area contributed by atoms with Gasteiger partial charge in [-0.3, -0.25) is 0 Å². The van der Waals surface area contributed by atoms with Crippen LogP contribution >= 0.6 is 11.8 Å². The van der Waals surface area contributed by atoms with Gasteiger partial charge < -0.3 is 9.84 Å². The van der Waals surface area contributed by atoms with Crippen LogP contribution in [0.25, 0.3) is 0 Å². The van der Waals surface area contributed by atoms with Gasteiger partial charge in [0.25, 0.3) is 0 Å². The van der Waals surface area contributed by atoms with Crippen molar-refractivity contribution in [3.05, 3.63) is 0 Å². The van der Waals surface area contributed by atoms with Crippen molar-refractivity contribution in [3.63, 3.8) is 0 Å². The second-order valence-corrected chi connectivity index (χ2v) is 4.41. The number of hydrogen-bond acceptors (Lipinski definition) is 3. The van der Waals surface area contributed by atoms with Crippen molar-refractivity contribution >= 4 is 17.7 Å². The van der Waals surface area contributed by atoms with Crippen LogP contribution < -0.4 is 0 Å². The lowest BCUT2D eigenvalue weighted by atomic mass is 10.00. The van der Waals surface area contributed by atoms with Crippen LogP contribution in [0.2, 0.25) is 0 Å². The van der Waals surface area contributed by atoms with Crippen LogP contribution in [-0.4, -0.2) is 34.8 Å². The van der Waals surface area contributed by atoms with Crippen LogP contribution in [0.5, 0.6) is 0 Å². The summed E-state index contributed by atoms with van der Waals surface area (Å²) in [5.74, 6) is 0.862. The Labute approximate surface area is 82.8 Å². The van der Waals surface area contributed by atoms with Crippen LogP contribution in [0.3, 0.4) is 0 Å². The van der Waals surface area contributed by atoms with Crippen LogP contribution in [-0.2, 0) is 9.53 Å². The molecular weight excluding hydrogens is 188 g/mol. The first-order valence-corrected chi connectivity index (χ1v) is 5.82. The van der Waals surface area contributed by atoms with Crippen LogP contribution in [0.1, 0.15) is 26.2 Å². The van der Waals surface area contributed by atoms with Gasteiger partial charge in [0, 0.05) is 12.4 Å². The summed E-state index contributed by atoms with van der Waals surface area (Å²) in [6.07, 6.45) is 2.48. The van der Waals surface area contributed by atoms with E-state index >= 15 is 0 Å². The van der Waals surface area contributed by atoms with Crippen molar-refractivity contribution in [2.75, 3.05) is 18.1 Å². The molecule has 1 atom stereocenters. The minimum absolute atomic E-state index is 0.548. The molecule has 1 fully saturated rings. The normalized spacial score (nSPS) is 28.7. The zero-order valence-corrected chi connectivity index (χ0v) is 8.73. The van der Waals surface area contributed by atoms with Gasteiger partial charge >= 0.3 is 5.97 Å². The molecule has 1 unspecified atom stereocenters. The summed E-state index contributed by atoms with van der Waals surface area (Å²) in [5.41, 5.74) is -0.890. The maximum Gasteiger partial charge on any atom is 0.336 e. The molecule has 13 heavy (non-hydrogen) atoms. The number of carbonyl (C=O) groups is 1. The van der Waals surface area contributed by atoms with Crippen LogP contribution in [0, 0.1) is 0 Å². The lowest BCUT2D eigenvalue weighted by molar-refractivity contribution is -0.164. The van der Waals surface area contributed by atoms with E-state index < -0.39 is 11.6 Å². The smallest absolute Gasteiger partial charge is 0.336 e. The van der Waals surface area contributed by atoms with Gasteiger partial charge in [-0.2, -0.15) is 11.8 Å². The molecule has 1 heterocycles. The topological polar surface area (TPSA) is 46.5 Å². The summed E-state index contributed by atoms with van der Waals surface area (Å²) in [7, 11) is 0. The average molecular weight is 204 g/mol. The molecule has 1 N–H and O–H groups in total. The quantitative estimate of drug-likeness (QED) is 0.758. The Hall–Kier alpha value is -0.220. The van der Waals surface area contributed by atoms with E-state index in [0.29, 0.717) is 18.8 Å². The van der Waals surface area contributed by atoms with E-state index in [4.69, 9.17) is 9.84 Å². The number of thioether (sulfide) groups is 1. The predicted octanol–water partition coefficient (Wildman–Crippen LogP) is 1.76. The van der Waals surface area contributed by atoms with Crippen LogP contribution in [0.15, 0.2) is 0 Å². The Morgan fingerprint density at radius 1 is 1.69 bits per heavy atom. The fourth-order valence-corrected chi connectivity index (χ4v) is 2.58. The molecule has 0 radical (unpaired) electrons. The number of carboxylic acids is 1. The van der Waals surface area contributed by atoms with Crippen molar-refractivity contribution < 1.29 is 14.6 Å². The van der Waals surface area contributed by atoms with Crippen molar-refractivity contribution in [2.45, 2.75) is 31.8 Å². The first kappa shape index (κ1) is 10.9. The molecule has 3 nitrogen and oxygen atoms in total. The van der Waals surface area contributed by atoms with Crippen molar-refractivity contribution in [3.8, 4) is 0 Å². The summed E-state index contributed by atoms with van der Waals surface area (Å²) < 4.78 is 5.46. The Morgan fingerprint density at radius 2 is 2.46 bits per heavy atom. The van der Waals surface area contributed by atoms with E-state index in [1.54, 1.807) is 11.8 Å². The summed E-state index contributed by atoms with van der Waals surface area (Å²) >= 11 is 1.67. The lowest BCUT2D eigenvalue weighted by Crippen LogP contribution is -2.46. The molecule has 4 heteroatoms. The third-order valence-electron chi connectivity index (χ3n) is 2.18. The first-order valence-electron chi connectivity index (χ1n) is 4.66. The van der Waals surface area contributed by atoms with Gasteiger partial charge in [-0.05, 0) is 25.0 Å². The number of ether oxygens (including phenoxy) is 1. The molecule has 0 bridgehead atoms. The zero-order chi connectivity index (χ0) is 9.73. The third-order valence-corrected chi connectivity index (χ3v) is 3.42. The molecule has 0 aromatic rings. The summed E-state index contributed by atoms with van der Waals surface area (Å²) in [5, 5.41) is 9.08. The first-order chi connectivity index (χ1) is 6.21. The second-order valence-electron chi connectivity index (χ2n) is 3.30. The van der Waals surface area contributed by atoms with Gasteiger partial charge in [-0.25, -0.2) is 4.79 Å². The van der Waals surface area contributed by atoms with Gasteiger partial charge in [-0.1, -0.05) is 6.92 Å². The highest BCUT2D eigenvalue weighted by atomic mass is 32.2. The van der Waals surface area contributed by atoms with Gasteiger partial charge in [0.1, 0.15) is 0 Å². The van der Waals surface area contributed by atoms with E-state index in [0.717, 1.165) is 18.6 Å². The van der Waals surface area contributed by atoms with Crippen molar-refractivity contribution in [1.29, 1.82) is 0 Å². The number of rotatable bonds is 4. The number of carboxylic acid groups (broad SMARTS) is 1. The van der Waals surface area contributed by atoms with Crippen molar-refractivity contribution in [1.82, 2.24) is 0 Å². The Morgan fingerprint density at radius 3 is 2.92 bits per heavy atom. The molecule has 0 aromatic carbocycles. The Bertz CT molecular complexity index is 176. The SMILES string of the molecule is CCCOC1(C(=O)O)CCCSC1. The van der Waals surface area contributed by atoms with Crippen molar-refractivity contribution in [2.24, 2.45) is 0 Å². The van der Waals surface area contributed by atoms with E-state index in [9.17, 15) is 4.79 Å². The van der Waals surface area contributed by atoms with Crippen LogP contribution in [0.4, 0.5) is 0 Å². The molecule has 0 spiro atoms. The van der Waals surface area contributed by atoms with E-state index in [2.05, 4.69) is 0 Å². The average Bonchev–Trinajstić information content (AvgIpc) is 2.16. The predicted molar refractivity (Wildman–Crippen MR) is 53.2 cm³/mol. The fraction of sp³-hybridized carbons (Fsp3) is 0.889. The van der Waals surface area contributed by atoms with Gasteiger partial charge in [0.2, 0.25) is 0 Å². The molecule has 0 aliphatic carbocycles. The maximum atomic E-state index is 11.0. The Balaban J connectivity index is 2.56. The number of aliphatic carboxylic acids is 1. The third kappa shape index (κ3) is 2.61. The molecule has 0 amide bonds. The van der Waals surface area contributed by atoms with Gasteiger partial charge in [0.15, 0.2) is 5.60 Å². The zero-order valence-electron chi connectivity index (χ0n) is 7.91. The summed E-state index contributed by atoms with van der Waals surface area (Å²) in [6, 6.07) is 0. The fourth-order valence-electron chi connectivity index (χ4n) is 1.41. The largest absolute Gasteiger partial charge is 0.479 e. The molecule has 0 aromatic heterocycles.